The third-order valence-corrected chi connectivity index (χ3v) is 8.77. The number of benzene rings is 3. The fourth-order valence-electron chi connectivity index (χ4n) is 4.75. The number of anilines is 1. The minimum atomic E-state index is -4.16. The van der Waals surface area contributed by atoms with Crippen LogP contribution >= 0.6 is 0 Å². The summed E-state index contributed by atoms with van der Waals surface area (Å²) in [5, 5.41) is 2.95. The van der Waals surface area contributed by atoms with E-state index in [9.17, 15) is 18.0 Å². The molecule has 0 radical (unpaired) electrons. The summed E-state index contributed by atoms with van der Waals surface area (Å²) in [7, 11) is -4.16. The summed E-state index contributed by atoms with van der Waals surface area (Å²) in [5.41, 5.74) is 1.27. The SMILES string of the molecule is CC[C@@H](C(=O)NCC(C)C)N(CCc1ccccc1)C(=O)CN(c1ccc2c(c1)OCCO2)S(=O)(=O)c1ccccc1. The lowest BCUT2D eigenvalue weighted by Gasteiger charge is -2.33. The van der Waals surface area contributed by atoms with Gasteiger partial charge in [-0.3, -0.25) is 13.9 Å². The maximum atomic E-state index is 14.1. The summed E-state index contributed by atoms with van der Waals surface area (Å²) >= 11 is 0. The van der Waals surface area contributed by atoms with Crippen LogP contribution in [0.4, 0.5) is 5.69 Å². The summed E-state index contributed by atoms with van der Waals surface area (Å²) in [6.45, 7) is 6.79. The highest BCUT2D eigenvalue weighted by Gasteiger charge is 2.34. The lowest BCUT2D eigenvalue weighted by Crippen LogP contribution is -2.53. The first-order valence-electron chi connectivity index (χ1n) is 14.3. The van der Waals surface area contributed by atoms with Crippen molar-refractivity contribution in [2.45, 2.75) is 44.6 Å². The first-order valence-corrected chi connectivity index (χ1v) is 15.7. The van der Waals surface area contributed by atoms with Gasteiger partial charge >= 0.3 is 0 Å². The van der Waals surface area contributed by atoms with E-state index in [4.69, 9.17) is 9.47 Å². The second-order valence-electron chi connectivity index (χ2n) is 10.5. The van der Waals surface area contributed by atoms with Gasteiger partial charge in [0.15, 0.2) is 11.5 Å². The molecule has 2 amide bonds. The van der Waals surface area contributed by atoms with Crippen molar-refractivity contribution in [3.05, 3.63) is 84.4 Å². The molecule has 3 aromatic carbocycles. The molecule has 0 saturated carbocycles. The Bertz CT molecular complexity index is 1450. The summed E-state index contributed by atoms with van der Waals surface area (Å²) < 4.78 is 40.4. The van der Waals surface area contributed by atoms with E-state index in [1.54, 1.807) is 36.4 Å². The van der Waals surface area contributed by atoms with Crippen LogP contribution in [0.1, 0.15) is 32.8 Å². The number of sulfonamides is 1. The van der Waals surface area contributed by atoms with Crippen LogP contribution in [0.15, 0.2) is 83.8 Å². The van der Waals surface area contributed by atoms with E-state index in [1.165, 1.54) is 17.0 Å². The van der Waals surface area contributed by atoms with Crippen LogP contribution in [0.2, 0.25) is 0 Å². The van der Waals surface area contributed by atoms with Gasteiger partial charge in [-0.2, -0.15) is 0 Å². The molecule has 1 N–H and O–H groups in total. The Morgan fingerprint density at radius 2 is 1.55 bits per heavy atom. The van der Waals surface area contributed by atoms with E-state index in [2.05, 4.69) is 5.32 Å². The van der Waals surface area contributed by atoms with Gasteiger partial charge in [-0.15, -0.1) is 0 Å². The molecule has 1 atom stereocenters. The quantitative estimate of drug-likeness (QED) is 0.317. The van der Waals surface area contributed by atoms with Crippen molar-refractivity contribution >= 4 is 27.5 Å². The highest BCUT2D eigenvalue weighted by Crippen LogP contribution is 2.36. The maximum absolute atomic E-state index is 14.1. The van der Waals surface area contributed by atoms with E-state index in [0.29, 0.717) is 44.1 Å². The van der Waals surface area contributed by atoms with Gasteiger partial charge in [0, 0.05) is 19.2 Å². The molecule has 0 fully saturated rings. The average Bonchev–Trinajstić information content (AvgIpc) is 3.01. The van der Waals surface area contributed by atoms with Crippen molar-refractivity contribution in [3.8, 4) is 11.5 Å². The first-order chi connectivity index (χ1) is 20.2. The van der Waals surface area contributed by atoms with Crippen molar-refractivity contribution in [2.75, 3.05) is 37.2 Å². The molecule has 1 heterocycles. The molecule has 42 heavy (non-hydrogen) atoms. The predicted molar refractivity (Wildman–Crippen MR) is 162 cm³/mol. The van der Waals surface area contributed by atoms with E-state index >= 15 is 0 Å². The number of fused-ring (bicyclic) bond motifs is 1. The fraction of sp³-hybridized carbons (Fsp3) is 0.375. The summed E-state index contributed by atoms with van der Waals surface area (Å²) in [5.74, 6) is 0.406. The zero-order valence-corrected chi connectivity index (χ0v) is 25.2. The third kappa shape index (κ3) is 7.61. The Morgan fingerprint density at radius 1 is 0.905 bits per heavy atom. The zero-order valence-electron chi connectivity index (χ0n) is 24.4. The van der Waals surface area contributed by atoms with Gasteiger partial charge in [-0.25, -0.2) is 8.42 Å². The molecule has 10 heteroatoms. The maximum Gasteiger partial charge on any atom is 0.264 e. The molecule has 9 nitrogen and oxygen atoms in total. The van der Waals surface area contributed by atoms with Gasteiger partial charge in [0.25, 0.3) is 10.0 Å². The van der Waals surface area contributed by atoms with Crippen molar-refractivity contribution in [2.24, 2.45) is 5.92 Å². The van der Waals surface area contributed by atoms with Crippen LogP contribution in [0.3, 0.4) is 0 Å². The Morgan fingerprint density at radius 3 is 2.19 bits per heavy atom. The Labute approximate surface area is 248 Å². The zero-order chi connectivity index (χ0) is 30.1. The highest BCUT2D eigenvalue weighted by molar-refractivity contribution is 7.92. The van der Waals surface area contributed by atoms with Crippen molar-refractivity contribution < 1.29 is 27.5 Å². The Kier molecular flexibility index (Phi) is 10.5. The predicted octanol–water partition coefficient (Wildman–Crippen LogP) is 4.28. The molecule has 224 valence electrons. The van der Waals surface area contributed by atoms with Crippen LogP contribution in [0.25, 0.3) is 0 Å². The number of amides is 2. The Hall–Kier alpha value is -4.05. The molecule has 1 aliphatic heterocycles. The second kappa shape index (κ2) is 14.2. The number of hydrogen-bond donors (Lipinski definition) is 1. The van der Waals surface area contributed by atoms with Gasteiger partial charge in [0.05, 0.1) is 10.6 Å². The van der Waals surface area contributed by atoms with Crippen LogP contribution in [-0.2, 0) is 26.0 Å². The Balaban J connectivity index is 1.70. The van der Waals surface area contributed by atoms with Gasteiger partial charge in [-0.1, -0.05) is 69.3 Å². The lowest BCUT2D eigenvalue weighted by molar-refractivity contribution is -0.139. The smallest absolute Gasteiger partial charge is 0.264 e. The van der Waals surface area contributed by atoms with Crippen LogP contribution in [-0.4, -0.2) is 64.0 Å². The molecule has 0 bridgehead atoms. The molecule has 0 unspecified atom stereocenters. The lowest BCUT2D eigenvalue weighted by atomic mass is 10.1. The first kappa shape index (κ1) is 30.9. The molecule has 0 saturated heterocycles. The van der Waals surface area contributed by atoms with Crippen LogP contribution < -0.4 is 19.1 Å². The monoisotopic (exact) mass is 593 g/mol. The van der Waals surface area contributed by atoms with Crippen molar-refractivity contribution in [3.63, 3.8) is 0 Å². The number of ether oxygens (including phenoxy) is 2. The fourth-order valence-corrected chi connectivity index (χ4v) is 6.18. The number of hydrogen-bond acceptors (Lipinski definition) is 6. The minimum absolute atomic E-state index is 0.0465. The standard InChI is InChI=1S/C32H39N3O6S/c1-4-28(32(37)33-22-24(2)3)34(18-17-25-11-7-5-8-12-25)31(36)23-35(42(38,39)27-13-9-6-10-14-27)26-15-16-29-30(21-26)41-20-19-40-29/h5-16,21,24,28H,4,17-20,22-23H2,1-3H3,(H,33,37)/t28-/m0/s1. The van der Waals surface area contributed by atoms with Gasteiger partial charge < -0.3 is 19.7 Å². The molecule has 1 aliphatic rings. The summed E-state index contributed by atoms with van der Waals surface area (Å²) in [6.07, 6.45) is 0.885. The van der Waals surface area contributed by atoms with Crippen molar-refractivity contribution in [1.29, 1.82) is 0 Å². The van der Waals surface area contributed by atoms with Crippen LogP contribution in [0.5, 0.6) is 11.5 Å². The number of carbonyl (C=O) groups is 2. The normalized spacial score (nSPS) is 13.3. The highest BCUT2D eigenvalue weighted by atomic mass is 32.2. The molecule has 3 aromatic rings. The van der Waals surface area contributed by atoms with Crippen molar-refractivity contribution in [1.82, 2.24) is 10.2 Å². The van der Waals surface area contributed by atoms with Crippen LogP contribution in [0, 0.1) is 5.92 Å². The molecular weight excluding hydrogens is 554 g/mol. The van der Waals surface area contributed by atoms with E-state index in [1.807, 2.05) is 51.1 Å². The molecule has 4 rings (SSSR count). The second-order valence-corrected chi connectivity index (χ2v) is 12.4. The van der Waals surface area contributed by atoms with E-state index in [0.717, 1.165) is 9.87 Å². The van der Waals surface area contributed by atoms with E-state index in [-0.39, 0.29) is 29.0 Å². The molecule has 0 aromatic heterocycles. The summed E-state index contributed by atoms with van der Waals surface area (Å²) in [6, 6.07) is 21.7. The van der Waals surface area contributed by atoms with E-state index < -0.39 is 28.5 Å². The number of carbonyl (C=O) groups excluding carboxylic acids is 2. The third-order valence-electron chi connectivity index (χ3n) is 6.98. The molecule has 0 aliphatic carbocycles. The van der Waals surface area contributed by atoms with Gasteiger partial charge in [0.1, 0.15) is 25.8 Å². The number of rotatable bonds is 13. The largest absolute Gasteiger partial charge is 0.486 e. The topological polar surface area (TPSA) is 105 Å². The van der Waals surface area contributed by atoms with Gasteiger partial charge in [-0.05, 0) is 48.6 Å². The number of nitrogens with zero attached hydrogens (tertiary/aromatic N) is 2. The number of nitrogens with one attached hydrogen (secondary N) is 1. The summed E-state index contributed by atoms with van der Waals surface area (Å²) in [4.78, 5) is 29.0. The average molecular weight is 594 g/mol. The molecular formula is C32H39N3O6S. The van der Waals surface area contributed by atoms with Gasteiger partial charge in [0.2, 0.25) is 11.8 Å². The minimum Gasteiger partial charge on any atom is -0.486 e. The molecule has 0 spiro atoms.